The molecule has 1 aromatic rings. The molecule has 2 N–H and O–H groups in total. The van der Waals surface area contributed by atoms with Gasteiger partial charge >= 0.3 is 0 Å². The molecule has 0 bridgehead atoms. The average Bonchev–Trinajstić information content (AvgIpc) is 2.16. The summed E-state index contributed by atoms with van der Waals surface area (Å²) in [6, 6.07) is 6.04. The van der Waals surface area contributed by atoms with Crippen molar-refractivity contribution < 1.29 is 6.85 Å². The van der Waals surface area contributed by atoms with E-state index in [-0.39, 0.29) is 0 Å². The Hall–Kier alpha value is -0.820. The fraction of sp³-hybridized carbons (Fsp3) is 0.333. The lowest BCUT2D eigenvalue weighted by Gasteiger charge is -2.02. The molecule has 0 saturated carbocycles. The minimum Gasteiger partial charge on any atom is -0.328 e. The summed E-state index contributed by atoms with van der Waals surface area (Å²) in [5, 5.41) is 0. The van der Waals surface area contributed by atoms with Gasteiger partial charge in [-0.25, -0.2) is 0 Å². The Labute approximate surface area is 68.9 Å². The highest BCUT2D eigenvalue weighted by Gasteiger charge is 1.94. The normalized spacial score (nSPS) is 27.9. The van der Waals surface area contributed by atoms with Gasteiger partial charge < -0.3 is 5.73 Å². The third-order valence-corrected chi connectivity index (χ3v) is 1.12. The molecule has 0 radical (unpaired) electrons. The van der Waals surface area contributed by atoms with E-state index in [4.69, 9.17) is 12.6 Å². The summed E-state index contributed by atoms with van der Waals surface area (Å²) in [5.41, 5.74) is 5.82. The van der Waals surface area contributed by atoms with Crippen molar-refractivity contribution in [3.8, 4) is 0 Å². The molecule has 0 aliphatic rings. The van der Waals surface area contributed by atoms with E-state index in [2.05, 4.69) is 0 Å². The van der Waals surface area contributed by atoms with Gasteiger partial charge in [0.05, 0.1) is 0 Å². The van der Waals surface area contributed by atoms with E-state index in [1.54, 1.807) is 30.3 Å². The molecule has 1 nitrogen and oxygen atoms in total. The van der Waals surface area contributed by atoms with Crippen molar-refractivity contribution in [2.45, 2.75) is 19.3 Å². The molecule has 1 heteroatoms. The Morgan fingerprint density at radius 2 is 2.40 bits per heavy atom. The summed E-state index contributed by atoms with van der Waals surface area (Å²) in [6.45, 7) is -2.67. The maximum atomic E-state index is 7.70. The van der Waals surface area contributed by atoms with Crippen LogP contribution in [0.4, 0.5) is 0 Å². The number of hydrogen-bond acceptors (Lipinski definition) is 1. The van der Waals surface area contributed by atoms with Crippen LogP contribution in [0.25, 0.3) is 0 Å². The van der Waals surface area contributed by atoms with Crippen LogP contribution in [0.15, 0.2) is 30.3 Å². The molecule has 54 valence electrons. The SMILES string of the molecule is [2H]C(c1ccccc1)C([2H])(N)C([2H])([2H])[2H]. The molecule has 0 aliphatic heterocycles. The fourth-order valence-electron chi connectivity index (χ4n) is 0.729. The molecular formula is C9H13N. The fourth-order valence-corrected chi connectivity index (χ4v) is 0.729. The van der Waals surface area contributed by atoms with Crippen LogP contribution in [0.2, 0.25) is 0 Å². The van der Waals surface area contributed by atoms with Crippen molar-refractivity contribution in [1.29, 1.82) is 0 Å². The van der Waals surface area contributed by atoms with Gasteiger partial charge in [-0.2, -0.15) is 0 Å². The van der Waals surface area contributed by atoms with Crippen molar-refractivity contribution in [1.82, 2.24) is 0 Å². The number of benzene rings is 1. The Balaban J connectivity index is 3.00. The third kappa shape index (κ3) is 2.19. The minimum atomic E-state index is -2.67. The lowest BCUT2D eigenvalue weighted by molar-refractivity contribution is 0.738. The van der Waals surface area contributed by atoms with Crippen molar-refractivity contribution in [3.63, 3.8) is 0 Å². The zero-order valence-corrected chi connectivity index (χ0v) is 5.54. The molecule has 0 aromatic heterocycles. The van der Waals surface area contributed by atoms with Crippen LogP contribution < -0.4 is 5.73 Å². The van der Waals surface area contributed by atoms with Crippen LogP contribution in [0.3, 0.4) is 0 Å². The summed E-state index contributed by atoms with van der Waals surface area (Å²) in [5.74, 6) is 0. The molecule has 2 atom stereocenters. The van der Waals surface area contributed by atoms with Crippen LogP contribution in [0, 0.1) is 0 Å². The first-order valence-electron chi connectivity index (χ1n) is 5.60. The molecule has 0 aliphatic carbocycles. The molecule has 2 unspecified atom stereocenters. The maximum Gasteiger partial charge on any atom is 0.0463 e. The van der Waals surface area contributed by atoms with Crippen LogP contribution in [0.1, 0.15) is 19.3 Å². The maximum absolute atomic E-state index is 7.70. The predicted molar refractivity (Wildman–Crippen MR) is 43.8 cm³/mol. The van der Waals surface area contributed by atoms with Crippen LogP contribution in [-0.2, 0) is 6.40 Å². The van der Waals surface area contributed by atoms with Crippen molar-refractivity contribution in [2.75, 3.05) is 0 Å². The van der Waals surface area contributed by atoms with Crippen molar-refractivity contribution in [2.24, 2.45) is 5.73 Å². The molecule has 10 heavy (non-hydrogen) atoms. The second-order valence-electron chi connectivity index (χ2n) is 2.01. The summed E-state index contributed by atoms with van der Waals surface area (Å²) in [4.78, 5) is 0. The van der Waals surface area contributed by atoms with Gasteiger partial charge in [-0.1, -0.05) is 30.3 Å². The number of hydrogen-bond donors (Lipinski definition) is 1. The molecule has 1 rings (SSSR count). The van der Waals surface area contributed by atoms with Gasteiger partial charge in [0.25, 0.3) is 0 Å². The topological polar surface area (TPSA) is 26.0 Å². The third-order valence-electron chi connectivity index (χ3n) is 1.12. The summed E-state index contributed by atoms with van der Waals surface area (Å²) >= 11 is 0. The molecule has 0 amide bonds. The molecule has 1 aromatic carbocycles. The van der Waals surface area contributed by atoms with Gasteiger partial charge in [0.15, 0.2) is 0 Å². The van der Waals surface area contributed by atoms with Crippen LogP contribution >= 0.6 is 0 Å². The van der Waals surface area contributed by atoms with E-state index < -0.39 is 19.3 Å². The molecule has 0 heterocycles. The molecule has 0 spiro atoms. The average molecular weight is 140 g/mol. The second kappa shape index (κ2) is 3.37. The Bertz CT molecular complexity index is 319. The van der Waals surface area contributed by atoms with E-state index in [1.165, 1.54) is 0 Å². The number of nitrogens with two attached hydrogens (primary N) is 1. The highest BCUT2D eigenvalue weighted by molar-refractivity contribution is 5.15. The van der Waals surface area contributed by atoms with E-state index in [0.717, 1.165) is 0 Å². The first kappa shape index (κ1) is 3.05. The lowest BCUT2D eigenvalue weighted by atomic mass is 10.1. The van der Waals surface area contributed by atoms with E-state index in [9.17, 15) is 0 Å². The molecule has 0 fully saturated rings. The predicted octanol–water partition coefficient (Wildman–Crippen LogP) is 1.58. The second-order valence-corrected chi connectivity index (χ2v) is 2.01. The van der Waals surface area contributed by atoms with Gasteiger partial charge in [-0.15, -0.1) is 0 Å². The van der Waals surface area contributed by atoms with Gasteiger partial charge in [-0.3, -0.25) is 0 Å². The van der Waals surface area contributed by atoms with Crippen LogP contribution in [0.5, 0.6) is 0 Å². The summed E-state index contributed by atoms with van der Waals surface area (Å²) in [6.07, 6.45) is -1.29. The first-order valence-corrected chi connectivity index (χ1v) is 3.03. The smallest absolute Gasteiger partial charge is 0.0463 e. The zero-order valence-electron chi connectivity index (χ0n) is 10.5. The van der Waals surface area contributed by atoms with Gasteiger partial charge in [0.2, 0.25) is 0 Å². The largest absolute Gasteiger partial charge is 0.328 e. The summed E-state index contributed by atoms with van der Waals surface area (Å²) < 4.78 is 36.6. The Morgan fingerprint density at radius 3 is 3.00 bits per heavy atom. The molecular weight excluding hydrogens is 122 g/mol. The Kier molecular flexibility index (Phi) is 1.03. The standard InChI is InChI=1S/C9H13N/c1-8(10)7-9-5-3-2-4-6-9/h2-6,8H,7,10H2,1H3/i1D3,7D,8D. The van der Waals surface area contributed by atoms with Gasteiger partial charge in [0, 0.05) is 12.9 Å². The monoisotopic (exact) mass is 140 g/mol. The summed E-state index contributed by atoms with van der Waals surface area (Å²) in [7, 11) is 0. The van der Waals surface area contributed by atoms with Gasteiger partial charge in [-0.05, 0) is 18.8 Å². The van der Waals surface area contributed by atoms with E-state index in [1.807, 2.05) is 0 Å². The highest BCUT2D eigenvalue weighted by atomic mass is 14.6. The molecule has 0 saturated heterocycles. The lowest BCUT2D eigenvalue weighted by Crippen LogP contribution is -2.17. The first-order chi connectivity index (χ1) is 6.77. The number of rotatable bonds is 2. The van der Waals surface area contributed by atoms with Crippen molar-refractivity contribution in [3.05, 3.63) is 35.9 Å². The van der Waals surface area contributed by atoms with Gasteiger partial charge in [0.1, 0.15) is 0 Å². The Morgan fingerprint density at radius 1 is 1.70 bits per heavy atom. The van der Waals surface area contributed by atoms with Crippen LogP contribution in [-0.4, -0.2) is 6.02 Å². The minimum absolute atomic E-state index is 0.436. The highest BCUT2D eigenvalue weighted by Crippen LogP contribution is 2.00. The van der Waals surface area contributed by atoms with E-state index >= 15 is 0 Å². The van der Waals surface area contributed by atoms with E-state index in [0.29, 0.717) is 5.56 Å². The zero-order chi connectivity index (χ0) is 11.7. The van der Waals surface area contributed by atoms with Crippen molar-refractivity contribution >= 4 is 0 Å². The quantitative estimate of drug-likeness (QED) is 0.663.